The molecule has 26 heavy (non-hydrogen) atoms. The van der Waals surface area contributed by atoms with Crippen LogP contribution in [0.3, 0.4) is 0 Å². The summed E-state index contributed by atoms with van der Waals surface area (Å²) in [4.78, 5) is 16.9. The quantitative estimate of drug-likeness (QED) is 0.893. The lowest BCUT2D eigenvalue weighted by atomic mass is 9.86. The van der Waals surface area contributed by atoms with E-state index in [-0.39, 0.29) is 11.7 Å². The largest absolute Gasteiger partial charge is 0.370 e. The predicted molar refractivity (Wildman–Crippen MR) is 102 cm³/mol. The van der Waals surface area contributed by atoms with Gasteiger partial charge >= 0.3 is 0 Å². The van der Waals surface area contributed by atoms with Crippen LogP contribution in [0.2, 0.25) is 0 Å². The van der Waals surface area contributed by atoms with Gasteiger partial charge in [0, 0.05) is 38.4 Å². The van der Waals surface area contributed by atoms with Crippen LogP contribution < -0.4 is 5.32 Å². The summed E-state index contributed by atoms with van der Waals surface area (Å²) >= 11 is 0. The highest BCUT2D eigenvalue weighted by atomic mass is 19.1. The Bertz CT molecular complexity index is 750. The van der Waals surface area contributed by atoms with Gasteiger partial charge < -0.3 is 10.2 Å². The SMILES string of the molecule is CN(C)C(=O)C1(Nc2ccccc2)CCCN(Cc2ccccc2F)C1. The molecule has 2 aromatic rings. The Hall–Kier alpha value is -2.40. The minimum Gasteiger partial charge on any atom is -0.370 e. The van der Waals surface area contributed by atoms with Crippen LogP contribution in [-0.4, -0.2) is 48.4 Å². The first kappa shape index (κ1) is 18.4. The first-order valence-corrected chi connectivity index (χ1v) is 9.01. The number of halogens is 1. The van der Waals surface area contributed by atoms with E-state index in [1.165, 1.54) is 6.07 Å². The molecule has 1 fully saturated rings. The Morgan fingerprint density at radius 1 is 1.15 bits per heavy atom. The smallest absolute Gasteiger partial charge is 0.249 e. The summed E-state index contributed by atoms with van der Waals surface area (Å²) in [5, 5.41) is 3.48. The molecule has 0 bridgehead atoms. The van der Waals surface area contributed by atoms with Gasteiger partial charge in [0.25, 0.3) is 0 Å². The van der Waals surface area contributed by atoms with Crippen LogP contribution in [0.15, 0.2) is 54.6 Å². The molecule has 4 nitrogen and oxygen atoms in total. The monoisotopic (exact) mass is 355 g/mol. The van der Waals surface area contributed by atoms with Gasteiger partial charge in [0.05, 0.1) is 0 Å². The molecule has 1 aliphatic heterocycles. The van der Waals surface area contributed by atoms with Gasteiger partial charge in [-0.1, -0.05) is 36.4 Å². The Balaban J connectivity index is 1.84. The lowest BCUT2D eigenvalue weighted by molar-refractivity contribution is -0.135. The topological polar surface area (TPSA) is 35.6 Å². The van der Waals surface area contributed by atoms with Crippen molar-refractivity contribution in [3.63, 3.8) is 0 Å². The average molecular weight is 355 g/mol. The van der Waals surface area contributed by atoms with Gasteiger partial charge in [-0.3, -0.25) is 9.69 Å². The van der Waals surface area contributed by atoms with Crippen LogP contribution >= 0.6 is 0 Å². The zero-order chi connectivity index (χ0) is 18.6. The number of para-hydroxylation sites is 1. The van der Waals surface area contributed by atoms with Gasteiger partial charge in [0.1, 0.15) is 11.4 Å². The van der Waals surface area contributed by atoms with Gasteiger partial charge in [0.2, 0.25) is 5.91 Å². The second kappa shape index (κ2) is 7.87. The lowest BCUT2D eigenvalue weighted by Crippen LogP contribution is -2.61. The van der Waals surface area contributed by atoms with Crippen LogP contribution in [0, 0.1) is 5.82 Å². The lowest BCUT2D eigenvalue weighted by Gasteiger charge is -2.44. The van der Waals surface area contributed by atoms with Crippen molar-refractivity contribution in [2.24, 2.45) is 0 Å². The van der Waals surface area contributed by atoms with Crippen LogP contribution in [0.5, 0.6) is 0 Å². The number of carbonyl (C=O) groups excluding carboxylic acids is 1. The maximum atomic E-state index is 14.1. The van der Waals surface area contributed by atoms with Crippen molar-refractivity contribution in [1.82, 2.24) is 9.80 Å². The fraction of sp³-hybridized carbons (Fsp3) is 0.381. The van der Waals surface area contributed by atoms with Gasteiger partial charge in [-0.15, -0.1) is 0 Å². The van der Waals surface area contributed by atoms with Crippen molar-refractivity contribution in [1.29, 1.82) is 0 Å². The zero-order valence-electron chi connectivity index (χ0n) is 15.4. The number of hydrogen-bond donors (Lipinski definition) is 1. The molecule has 0 aromatic heterocycles. The molecule has 138 valence electrons. The third-order valence-corrected chi connectivity index (χ3v) is 4.90. The van der Waals surface area contributed by atoms with E-state index in [0.717, 1.165) is 25.1 Å². The molecule has 1 aliphatic rings. The van der Waals surface area contributed by atoms with E-state index in [1.54, 1.807) is 25.1 Å². The third-order valence-electron chi connectivity index (χ3n) is 4.90. The van der Waals surface area contributed by atoms with E-state index < -0.39 is 5.54 Å². The Morgan fingerprint density at radius 3 is 2.54 bits per heavy atom. The molecule has 1 atom stereocenters. The van der Waals surface area contributed by atoms with Crippen LogP contribution in [0.4, 0.5) is 10.1 Å². The zero-order valence-corrected chi connectivity index (χ0v) is 15.4. The van der Waals surface area contributed by atoms with Crippen LogP contribution in [0.25, 0.3) is 0 Å². The highest BCUT2D eigenvalue weighted by Crippen LogP contribution is 2.29. The van der Waals surface area contributed by atoms with E-state index >= 15 is 0 Å². The number of likely N-dealkylation sites (N-methyl/N-ethyl adjacent to an activating group) is 1. The molecule has 1 unspecified atom stereocenters. The number of piperidine rings is 1. The number of anilines is 1. The van der Waals surface area contributed by atoms with E-state index in [4.69, 9.17) is 0 Å². The summed E-state index contributed by atoms with van der Waals surface area (Å²) in [7, 11) is 3.57. The summed E-state index contributed by atoms with van der Waals surface area (Å²) in [5.41, 5.74) is 0.893. The number of carbonyl (C=O) groups is 1. The number of nitrogens with zero attached hydrogens (tertiary/aromatic N) is 2. The number of likely N-dealkylation sites (tertiary alicyclic amines) is 1. The second-order valence-electron chi connectivity index (χ2n) is 7.18. The number of rotatable bonds is 5. The summed E-state index contributed by atoms with van der Waals surface area (Å²) in [5.74, 6) is -0.141. The predicted octanol–water partition coefficient (Wildman–Crippen LogP) is 3.36. The summed E-state index contributed by atoms with van der Waals surface area (Å²) in [6.07, 6.45) is 1.64. The third kappa shape index (κ3) is 4.05. The Kier molecular flexibility index (Phi) is 5.57. The van der Waals surface area contributed by atoms with Crippen molar-refractivity contribution in [3.05, 3.63) is 66.0 Å². The van der Waals surface area contributed by atoms with Gasteiger partial charge in [-0.25, -0.2) is 4.39 Å². The van der Waals surface area contributed by atoms with Crippen molar-refractivity contribution >= 4 is 11.6 Å². The van der Waals surface area contributed by atoms with Crippen LogP contribution in [0.1, 0.15) is 18.4 Å². The molecule has 0 radical (unpaired) electrons. The molecular formula is C21H26FN3O. The fourth-order valence-corrected chi connectivity index (χ4v) is 3.70. The van der Waals surface area contributed by atoms with Crippen molar-refractivity contribution in [2.75, 3.05) is 32.5 Å². The number of hydrogen-bond acceptors (Lipinski definition) is 3. The highest BCUT2D eigenvalue weighted by Gasteiger charge is 2.43. The molecule has 0 aliphatic carbocycles. The molecule has 0 spiro atoms. The normalized spacial score (nSPS) is 20.6. The van der Waals surface area contributed by atoms with E-state index in [0.29, 0.717) is 18.7 Å². The highest BCUT2D eigenvalue weighted by molar-refractivity contribution is 5.89. The molecule has 0 saturated carbocycles. The molecule has 2 aromatic carbocycles. The number of nitrogens with one attached hydrogen (secondary N) is 1. The first-order chi connectivity index (χ1) is 12.5. The minimum absolute atomic E-state index is 0.0552. The standard InChI is InChI=1S/C21H26FN3O/c1-24(2)20(26)21(23-18-10-4-3-5-11-18)13-8-14-25(16-21)15-17-9-6-7-12-19(17)22/h3-7,9-12,23H,8,13-16H2,1-2H3. The minimum atomic E-state index is -0.700. The number of amides is 1. The summed E-state index contributed by atoms with van der Waals surface area (Å²) < 4.78 is 14.1. The molecule has 5 heteroatoms. The fourth-order valence-electron chi connectivity index (χ4n) is 3.70. The molecule has 1 saturated heterocycles. The van der Waals surface area contributed by atoms with Crippen molar-refractivity contribution in [2.45, 2.75) is 24.9 Å². The van der Waals surface area contributed by atoms with Crippen molar-refractivity contribution < 1.29 is 9.18 Å². The molecule has 1 N–H and O–H groups in total. The molecule has 1 heterocycles. The maximum absolute atomic E-state index is 14.1. The van der Waals surface area contributed by atoms with E-state index in [2.05, 4.69) is 10.2 Å². The Labute approximate surface area is 154 Å². The summed E-state index contributed by atoms with van der Waals surface area (Å²) in [6.45, 7) is 1.91. The molecule has 1 amide bonds. The van der Waals surface area contributed by atoms with Gasteiger partial charge in [-0.2, -0.15) is 0 Å². The molecular weight excluding hydrogens is 329 g/mol. The van der Waals surface area contributed by atoms with E-state index in [1.807, 2.05) is 42.5 Å². The Morgan fingerprint density at radius 2 is 1.85 bits per heavy atom. The average Bonchev–Trinajstić information content (AvgIpc) is 2.64. The van der Waals surface area contributed by atoms with Crippen molar-refractivity contribution in [3.8, 4) is 0 Å². The van der Waals surface area contributed by atoms with Gasteiger partial charge in [0.15, 0.2) is 0 Å². The summed E-state index contributed by atoms with van der Waals surface area (Å²) in [6, 6.07) is 16.7. The first-order valence-electron chi connectivity index (χ1n) is 9.01. The number of benzene rings is 2. The second-order valence-corrected chi connectivity index (χ2v) is 7.18. The van der Waals surface area contributed by atoms with Gasteiger partial charge in [-0.05, 0) is 37.6 Å². The maximum Gasteiger partial charge on any atom is 0.249 e. The van der Waals surface area contributed by atoms with E-state index in [9.17, 15) is 9.18 Å². The van der Waals surface area contributed by atoms with Crippen LogP contribution in [-0.2, 0) is 11.3 Å². The molecule has 3 rings (SSSR count).